The first kappa shape index (κ1) is 11.3. The molecule has 6 heteroatoms. The van der Waals surface area contributed by atoms with Gasteiger partial charge in [0.1, 0.15) is 4.90 Å². The van der Waals surface area contributed by atoms with Gasteiger partial charge in [0.2, 0.25) is 0 Å². The third-order valence-corrected chi connectivity index (χ3v) is 3.76. The Labute approximate surface area is 95.4 Å². The van der Waals surface area contributed by atoms with E-state index in [0.717, 1.165) is 25.9 Å². The summed E-state index contributed by atoms with van der Waals surface area (Å²) >= 11 is 0. The smallest absolute Gasteiger partial charge is 0.199 e. The van der Waals surface area contributed by atoms with Crippen molar-refractivity contribution in [3.63, 3.8) is 0 Å². The van der Waals surface area contributed by atoms with Crippen LogP contribution in [0.25, 0.3) is 0 Å². The van der Waals surface area contributed by atoms with Crippen molar-refractivity contribution in [2.75, 3.05) is 24.2 Å². The maximum absolute atomic E-state index is 11.6. The van der Waals surface area contributed by atoms with Gasteiger partial charge in [-0.1, -0.05) is 0 Å². The zero-order chi connectivity index (χ0) is 11.6. The van der Waals surface area contributed by atoms with Crippen LogP contribution in [0.3, 0.4) is 0 Å². The molecule has 0 amide bonds. The number of aromatic nitrogens is 2. The van der Waals surface area contributed by atoms with Gasteiger partial charge in [-0.25, -0.2) is 18.4 Å². The molecule has 0 saturated carbocycles. The van der Waals surface area contributed by atoms with Gasteiger partial charge in [-0.3, -0.25) is 0 Å². The lowest BCUT2D eigenvalue weighted by atomic mass is 10.1. The second kappa shape index (κ2) is 4.37. The van der Waals surface area contributed by atoms with E-state index in [-0.39, 0.29) is 4.90 Å². The molecule has 0 atom stereocenters. The SMILES string of the molecule is CS(=O)(=O)c1cn[c]nc1N1CCCCC1. The van der Waals surface area contributed by atoms with Crippen LogP contribution in [0.5, 0.6) is 0 Å². The Balaban J connectivity index is 2.40. The average Bonchev–Trinajstić information content (AvgIpc) is 2.29. The summed E-state index contributed by atoms with van der Waals surface area (Å²) in [5.41, 5.74) is 0. The fourth-order valence-corrected chi connectivity index (χ4v) is 2.62. The molecule has 16 heavy (non-hydrogen) atoms. The van der Waals surface area contributed by atoms with Gasteiger partial charge in [-0.2, -0.15) is 0 Å². The van der Waals surface area contributed by atoms with E-state index < -0.39 is 9.84 Å². The monoisotopic (exact) mass is 240 g/mol. The van der Waals surface area contributed by atoms with Gasteiger partial charge >= 0.3 is 0 Å². The second-order valence-electron chi connectivity index (χ2n) is 3.98. The lowest BCUT2D eigenvalue weighted by Crippen LogP contribution is -2.31. The zero-order valence-corrected chi connectivity index (χ0v) is 10.00. The molecule has 2 heterocycles. The van der Waals surface area contributed by atoms with Crippen LogP contribution in [0.4, 0.5) is 5.82 Å². The minimum absolute atomic E-state index is 0.202. The van der Waals surface area contributed by atoms with E-state index in [2.05, 4.69) is 16.3 Å². The van der Waals surface area contributed by atoms with Crippen molar-refractivity contribution >= 4 is 15.7 Å². The summed E-state index contributed by atoms with van der Waals surface area (Å²) in [5.74, 6) is 0.497. The highest BCUT2D eigenvalue weighted by Crippen LogP contribution is 2.24. The van der Waals surface area contributed by atoms with E-state index in [4.69, 9.17) is 0 Å². The van der Waals surface area contributed by atoms with Crippen LogP contribution in [-0.2, 0) is 9.84 Å². The second-order valence-corrected chi connectivity index (χ2v) is 5.96. The van der Waals surface area contributed by atoms with Crippen molar-refractivity contribution in [1.82, 2.24) is 9.97 Å². The van der Waals surface area contributed by atoms with Gasteiger partial charge < -0.3 is 4.90 Å². The van der Waals surface area contributed by atoms with Gasteiger partial charge in [0.25, 0.3) is 0 Å². The highest BCUT2D eigenvalue weighted by molar-refractivity contribution is 7.90. The van der Waals surface area contributed by atoms with Gasteiger partial charge in [-0.15, -0.1) is 0 Å². The summed E-state index contributed by atoms with van der Waals surface area (Å²) < 4.78 is 23.2. The molecule has 1 fully saturated rings. The largest absolute Gasteiger partial charge is 0.355 e. The number of hydrogen-bond acceptors (Lipinski definition) is 5. The Bertz CT molecular complexity index is 467. The highest BCUT2D eigenvalue weighted by atomic mass is 32.2. The zero-order valence-electron chi connectivity index (χ0n) is 9.18. The number of nitrogens with zero attached hydrogens (tertiary/aromatic N) is 3. The standard InChI is InChI=1S/C10H14N3O2S/c1-16(14,15)9-7-11-8-12-10(9)13-5-3-2-4-6-13/h7H,2-6H2,1H3. The molecule has 0 spiro atoms. The first-order valence-electron chi connectivity index (χ1n) is 5.27. The molecule has 1 radical (unpaired) electrons. The molecule has 1 aliphatic rings. The van der Waals surface area contributed by atoms with Crippen molar-refractivity contribution in [2.45, 2.75) is 24.2 Å². The van der Waals surface area contributed by atoms with Crippen molar-refractivity contribution < 1.29 is 8.42 Å². The van der Waals surface area contributed by atoms with Crippen molar-refractivity contribution in [2.24, 2.45) is 0 Å². The quantitative estimate of drug-likeness (QED) is 0.760. The summed E-state index contributed by atoms with van der Waals surface area (Å²) in [7, 11) is -3.27. The molecule has 1 aromatic rings. The van der Waals surface area contributed by atoms with E-state index in [1.807, 2.05) is 4.90 Å². The molecule has 5 nitrogen and oxygen atoms in total. The fourth-order valence-electron chi connectivity index (χ4n) is 1.87. The van der Waals surface area contributed by atoms with Crippen molar-refractivity contribution in [3.8, 4) is 0 Å². The predicted octanol–water partition coefficient (Wildman–Crippen LogP) is 0.671. The predicted molar refractivity (Wildman–Crippen MR) is 60.0 cm³/mol. The minimum Gasteiger partial charge on any atom is -0.355 e. The van der Waals surface area contributed by atoms with Crippen LogP contribution in [0.1, 0.15) is 19.3 Å². The molecule has 0 aliphatic carbocycles. The third kappa shape index (κ3) is 2.32. The topological polar surface area (TPSA) is 63.2 Å². The third-order valence-electron chi connectivity index (χ3n) is 2.67. The first-order valence-corrected chi connectivity index (χ1v) is 7.16. The van der Waals surface area contributed by atoms with Crippen LogP contribution < -0.4 is 4.90 Å². The normalized spacial score (nSPS) is 17.4. The molecular weight excluding hydrogens is 226 g/mol. The minimum atomic E-state index is -3.27. The molecule has 2 rings (SSSR count). The van der Waals surface area contributed by atoms with E-state index in [1.54, 1.807) is 0 Å². The highest BCUT2D eigenvalue weighted by Gasteiger charge is 2.21. The van der Waals surface area contributed by atoms with Crippen LogP contribution in [0.2, 0.25) is 0 Å². The van der Waals surface area contributed by atoms with Gasteiger partial charge in [0.05, 0.1) is 6.20 Å². The van der Waals surface area contributed by atoms with Gasteiger partial charge in [-0.05, 0) is 19.3 Å². The Hall–Kier alpha value is -1.17. The summed E-state index contributed by atoms with van der Waals surface area (Å²) in [4.78, 5) is 9.84. The maximum Gasteiger partial charge on any atom is 0.199 e. The Morgan fingerprint density at radius 3 is 2.62 bits per heavy atom. The Morgan fingerprint density at radius 1 is 1.31 bits per heavy atom. The number of rotatable bonds is 2. The van der Waals surface area contributed by atoms with E-state index >= 15 is 0 Å². The van der Waals surface area contributed by atoms with Crippen molar-refractivity contribution in [3.05, 3.63) is 12.5 Å². The summed E-state index contributed by atoms with van der Waals surface area (Å²) in [6.07, 6.45) is 8.32. The van der Waals surface area contributed by atoms with Gasteiger partial charge in [0.15, 0.2) is 22.0 Å². The van der Waals surface area contributed by atoms with E-state index in [9.17, 15) is 8.42 Å². The average molecular weight is 240 g/mol. The molecular formula is C10H14N3O2S. The first-order chi connectivity index (χ1) is 7.59. The lowest BCUT2D eigenvalue weighted by molar-refractivity contribution is 0.565. The molecule has 87 valence electrons. The van der Waals surface area contributed by atoms with Crippen LogP contribution in [0.15, 0.2) is 11.1 Å². The number of piperidine rings is 1. The van der Waals surface area contributed by atoms with E-state index in [1.165, 1.54) is 18.9 Å². The summed E-state index contributed by atoms with van der Waals surface area (Å²) in [6.45, 7) is 1.71. The van der Waals surface area contributed by atoms with Gasteiger partial charge in [0, 0.05) is 19.3 Å². The summed E-state index contributed by atoms with van der Waals surface area (Å²) in [5, 5.41) is 0. The van der Waals surface area contributed by atoms with Crippen LogP contribution in [-0.4, -0.2) is 37.7 Å². The Morgan fingerprint density at radius 2 is 2.00 bits per heavy atom. The molecule has 1 saturated heterocycles. The van der Waals surface area contributed by atoms with E-state index in [0.29, 0.717) is 5.82 Å². The van der Waals surface area contributed by atoms with Crippen LogP contribution in [0, 0.1) is 6.33 Å². The van der Waals surface area contributed by atoms with Crippen molar-refractivity contribution in [1.29, 1.82) is 0 Å². The maximum atomic E-state index is 11.6. The molecule has 1 aromatic heterocycles. The molecule has 0 N–H and O–H groups in total. The van der Waals surface area contributed by atoms with Crippen LogP contribution >= 0.6 is 0 Å². The fraction of sp³-hybridized carbons (Fsp3) is 0.600. The lowest BCUT2D eigenvalue weighted by Gasteiger charge is -2.28. The molecule has 1 aliphatic heterocycles. The Kier molecular flexibility index (Phi) is 3.09. The number of sulfone groups is 1. The molecule has 0 bridgehead atoms. The molecule has 0 unspecified atom stereocenters. The number of hydrogen-bond donors (Lipinski definition) is 0. The summed E-state index contributed by atoms with van der Waals surface area (Å²) in [6, 6.07) is 0. The number of anilines is 1. The molecule has 0 aromatic carbocycles.